The van der Waals surface area contributed by atoms with Gasteiger partial charge in [-0.15, -0.1) is 22.7 Å². The minimum atomic E-state index is 0.0626. The molecule has 1 atom stereocenters. The average molecular weight is 632 g/mol. The van der Waals surface area contributed by atoms with Gasteiger partial charge >= 0.3 is 6.85 Å². The average Bonchev–Trinajstić information content (AvgIpc) is 3.87. The smallest absolute Gasteiger partial charge is 0.329 e. The van der Waals surface area contributed by atoms with Gasteiger partial charge in [0.05, 0.1) is 10.2 Å². The summed E-state index contributed by atoms with van der Waals surface area (Å²) in [4.78, 5) is 1.44. The molecule has 5 heteroatoms. The van der Waals surface area contributed by atoms with Crippen molar-refractivity contribution in [3.8, 4) is 21.6 Å². The normalized spacial score (nSPS) is 15.7. The summed E-state index contributed by atoms with van der Waals surface area (Å²) < 4.78 is 13.8. The van der Waals surface area contributed by atoms with Crippen LogP contribution in [0.4, 0.5) is 0 Å². The lowest BCUT2D eigenvalue weighted by atomic mass is 9.40. The number of aromatic nitrogens is 1. The van der Waals surface area contributed by atoms with E-state index < -0.39 is 0 Å². The Morgan fingerprint density at radius 3 is 2.28 bits per heavy atom. The van der Waals surface area contributed by atoms with Gasteiger partial charge in [0.2, 0.25) is 0 Å². The Hall–Kier alpha value is -5.10. The number of rotatable bonds is 0. The maximum absolute atomic E-state index is 6.97. The van der Waals surface area contributed by atoms with E-state index in [-0.39, 0.29) is 12.8 Å². The number of hydrogen-bond donors (Lipinski definition) is 0. The van der Waals surface area contributed by atoms with Gasteiger partial charge in [-0.2, -0.15) is 0 Å². The number of thiophene rings is 2. The third kappa shape index (κ3) is 2.68. The topological polar surface area (TPSA) is 18.1 Å². The molecule has 0 spiro atoms. The predicted molar refractivity (Wildman–Crippen MR) is 201 cm³/mol. The first kappa shape index (κ1) is 24.1. The first-order valence-corrected chi connectivity index (χ1v) is 18.0. The third-order valence-electron chi connectivity index (χ3n) is 11.4. The molecule has 10 aromatic rings. The molecule has 0 saturated carbocycles. The van der Waals surface area contributed by atoms with Crippen molar-refractivity contribution in [2.75, 3.05) is 0 Å². The SMILES string of the molecule is c1cc2c3c(c1)-c1sc4ccccc4c1CC3c1c3c(cc4c1oc1ccccc14)-c1cccc4c5sc6ccccc6c5n(c14)B23. The van der Waals surface area contributed by atoms with Crippen molar-refractivity contribution >= 4 is 104 Å². The van der Waals surface area contributed by atoms with Gasteiger partial charge in [-0.3, -0.25) is 0 Å². The van der Waals surface area contributed by atoms with Gasteiger partial charge in [0.25, 0.3) is 0 Å². The molecule has 0 radical (unpaired) electrons. The first-order valence-electron chi connectivity index (χ1n) is 16.4. The van der Waals surface area contributed by atoms with Gasteiger partial charge in [0, 0.05) is 58.4 Å². The molecule has 2 nitrogen and oxygen atoms in total. The van der Waals surface area contributed by atoms with E-state index in [1.807, 2.05) is 22.7 Å². The van der Waals surface area contributed by atoms with Gasteiger partial charge in [0.1, 0.15) is 11.2 Å². The van der Waals surface area contributed by atoms with Gasteiger partial charge in [-0.25, -0.2) is 0 Å². The Kier molecular flexibility index (Phi) is 4.14. The van der Waals surface area contributed by atoms with Crippen LogP contribution in [0, 0.1) is 0 Å². The van der Waals surface area contributed by atoms with Crippen LogP contribution < -0.4 is 10.9 Å². The Bertz CT molecular complexity index is 3080. The molecule has 0 fully saturated rings. The van der Waals surface area contributed by atoms with Crippen LogP contribution >= 0.6 is 22.7 Å². The molecular weight excluding hydrogens is 609 g/mol. The Labute approximate surface area is 277 Å². The van der Waals surface area contributed by atoms with Crippen LogP contribution in [0.3, 0.4) is 0 Å². The monoisotopic (exact) mass is 631 g/mol. The van der Waals surface area contributed by atoms with Crippen LogP contribution in [0.15, 0.2) is 120 Å². The number of fused-ring (bicyclic) bond motifs is 17. The first-order chi connectivity index (χ1) is 23.3. The van der Waals surface area contributed by atoms with E-state index in [2.05, 4.69) is 120 Å². The van der Waals surface area contributed by atoms with Gasteiger partial charge in [-0.1, -0.05) is 91.0 Å². The molecule has 4 aromatic heterocycles. The second-order valence-corrected chi connectivity index (χ2v) is 15.6. The van der Waals surface area contributed by atoms with Crippen molar-refractivity contribution in [2.24, 2.45) is 0 Å². The summed E-state index contributed by atoms with van der Waals surface area (Å²) in [6.07, 6.45) is 0.984. The van der Waals surface area contributed by atoms with Crippen molar-refractivity contribution in [3.05, 3.63) is 132 Å². The minimum Gasteiger partial charge on any atom is -0.456 e. The molecule has 0 N–H and O–H groups in total. The molecule has 0 saturated heterocycles. The highest BCUT2D eigenvalue weighted by molar-refractivity contribution is 7.27. The van der Waals surface area contributed by atoms with Crippen molar-refractivity contribution in [1.29, 1.82) is 0 Å². The fourth-order valence-electron chi connectivity index (χ4n) is 9.69. The summed E-state index contributed by atoms with van der Waals surface area (Å²) in [6, 6.07) is 43.2. The summed E-state index contributed by atoms with van der Waals surface area (Å²) in [5, 5.41) is 6.55. The molecule has 0 bridgehead atoms. The van der Waals surface area contributed by atoms with E-state index in [1.54, 1.807) is 0 Å². The molecule has 13 rings (SSSR count). The number of benzene rings is 6. The highest BCUT2D eigenvalue weighted by Gasteiger charge is 2.47. The zero-order chi connectivity index (χ0) is 30.1. The fraction of sp³-hybridized carbons (Fsp3) is 0.0476. The molecule has 1 aliphatic carbocycles. The van der Waals surface area contributed by atoms with E-state index in [9.17, 15) is 0 Å². The quantitative estimate of drug-likeness (QED) is 0.152. The second-order valence-electron chi connectivity index (χ2n) is 13.4. The molecule has 47 heavy (non-hydrogen) atoms. The maximum Gasteiger partial charge on any atom is 0.329 e. The van der Waals surface area contributed by atoms with Crippen LogP contribution in [0.25, 0.3) is 84.8 Å². The zero-order valence-corrected chi connectivity index (χ0v) is 26.6. The van der Waals surface area contributed by atoms with Crippen LogP contribution in [0.5, 0.6) is 0 Å². The summed E-state index contributed by atoms with van der Waals surface area (Å²) in [7, 11) is 0. The summed E-state index contributed by atoms with van der Waals surface area (Å²) in [5.41, 5.74) is 16.1. The minimum absolute atomic E-state index is 0.0626. The van der Waals surface area contributed by atoms with Crippen molar-refractivity contribution in [1.82, 2.24) is 4.48 Å². The van der Waals surface area contributed by atoms with E-state index in [1.165, 1.54) is 101 Å². The summed E-state index contributed by atoms with van der Waals surface area (Å²) >= 11 is 3.90. The van der Waals surface area contributed by atoms with Gasteiger partial charge < -0.3 is 8.90 Å². The van der Waals surface area contributed by atoms with Crippen LogP contribution in [-0.2, 0) is 6.42 Å². The van der Waals surface area contributed by atoms with E-state index >= 15 is 0 Å². The van der Waals surface area contributed by atoms with E-state index in [4.69, 9.17) is 4.42 Å². The maximum atomic E-state index is 6.97. The summed E-state index contributed by atoms with van der Waals surface area (Å²) in [6.45, 7) is 0.0626. The van der Waals surface area contributed by atoms with E-state index in [0.717, 1.165) is 17.6 Å². The lowest BCUT2D eigenvalue weighted by molar-refractivity contribution is 0.655. The van der Waals surface area contributed by atoms with Gasteiger partial charge in [0.15, 0.2) is 0 Å². The molecule has 0 amide bonds. The molecule has 2 aliphatic heterocycles. The molecule has 1 unspecified atom stereocenters. The van der Waals surface area contributed by atoms with Gasteiger partial charge in [-0.05, 0) is 69.3 Å². The highest BCUT2D eigenvalue weighted by atomic mass is 32.1. The Morgan fingerprint density at radius 1 is 0.617 bits per heavy atom. The standard InChI is InChI=1S/C42H22BNOS2/c1-4-16-32-21(9-1)28-19-27-23-12-7-14-26-38(23)44(39-24-11-3-6-18-34(24)47-42(26)39)43-31-15-8-13-25-35(31)30(36(37(27)43)40(28)45-32)20-29-22-10-2-5-17-33(22)46-41(25)29/h1-19,30H,20H2. The fourth-order valence-corrected chi connectivity index (χ4v) is 12.2. The molecule has 6 aromatic carbocycles. The number of nitrogens with zero attached hydrogens (tertiary/aromatic N) is 1. The number of furan rings is 1. The Balaban J connectivity index is 1.28. The van der Waals surface area contributed by atoms with Crippen molar-refractivity contribution in [3.63, 3.8) is 0 Å². The second kappa shape index (κ2) is 8.06. The molecule has 6 heterocycles. The Morgan fingerprint density at radius 2 is 1.36 bits per heavy atom. The van der Waals surface area contributed by atoms with Crippen LogP contribution in [-0.4, -0.2) is 11.3 Å². The highest BCUT2D eigenvalue weighted by Crippen LogP contribution is 2.54. The van der Waals surface area contributed by atoms with Crippen LogP contribution in [0.2, 0.25) is 0 Å². The molecule has 216 valence electrons. The van der Waals surface area contributed by atoms with E-state index in [0.29, 0.717) is 0 Å². The summed E-state index contributed by atoms with van der Waals surface area (Å²) in [5.74, 6) is 0.215. The zero-order valence-electron chi connectivity index (χ0n) is 25.0. The third-order valence-corrected chi connectivity index (χ3v) is 13.8. The largest absolute Gasteiger partial charge is 0.456 e. The number of para-hydroxylation sites is 2. The number of hydrogen-bond acceptors (Lipinski definition) is 3. The predicted octanol–water partition coefficient (Wildman–Crippen LogP) is 10.4. The molecule has 3 aliphatic rings. The van der Waals surface area contributed by atoms with Crippen molar-refractivity contribution < 1.29 is 4.42 Å². The molecular formula is C42H22BNOS2. The van der Waals surface area contributed by atoms with Crippen molar-refractivity contribution in [2.45, 2.75) is 12.3 Å². The lowest BCUT2D eigenvalue weighted by Gasteiger charge is -2.40. The van der Waals surface area contributed by atoms with Crippen LogP contribution in [0.1, 0.15) is 22.6 Å². The lowest BCUT2D eigenvalue weighted by Crippen LogP contribution is -2.57.